The summed E-state index contributed by atoms with van der Waals surface area (Å²) in [5.74, 6) is 0. The second kappa shape index (κ2) is 6.83. The Morgan fingerprint density at radius 1 is 0.786 bits per heavy atom. The molecule has 7 nitrogen and oxygen atoms in total. The van der Waals surface area contributed by atoms with Gasteiger partial charge in [0.05, 0.1) is 12.1 Å². The number of hydrazine groups is 1. The van der Waals surface area contributed by atoms with Crippen molar-refractivity contribution in [1.29, 1.82) is 0 Å². The van der Waals surface area contributed by atoms with Gasteiger partial charge in [0.2, 0.25) is 0 Å². The molecule has 28 heavy (non-hydrogen) atoms. The minimum atomic E-state index is -0.554. The van der Waals surface area contributed by atoms with Crippen LogP contribution in [-0.4, -0.2) is 46.5 Å². The van der Waals surface area contributed by atoms with Gasteiger partial charge in [0.15, 0.2) is 0 Å². The van der Waals surface area contributed by atoms with E-state index in [1.165, 1.54) is 10.0 Å². The van der Waals surface area contributed by atoms with E-state index in [0.717, 1.165) is 11.1 Å². The van der Waals surface area contributed by atoms with E-state index >= 15 is 0 Å². The quantitative estimate of drug-likeness (QED) is 0.762. The molecule has 0 radical (unpaired) electrons. The number of hydrogen-bond donors (Lipinski definition) is 0. The number of carbonyl (C=O) groups is 2. The molecule has 3 aliphatic rings. The van der Waals surface area contributed by atoms with E-state index in [-0.39, 0.29) is 37.5 Å². The van der Waals surface area contributed by atoms with Crippen LogP contribution in [0.3, 0.4) is 0 Å². The number of hydrogen-bond acceptors (Lipinski definition) is 5. The first-order chi connectivity index (χ1) is 13.7. The molecule has 5 rings (SSSR count). The third-order valence-corrected chi connectivity index (χ3v) is 5.45. The molecule has 1 aliphatic carbocycles. The molecule has 4 atom stereocenters. The predicted octanol–water partition coefficient (Wildman–Crippen LogP) is 3.10. The number of ether oxygens (including phenoxy) is 3. The van der Waals surface area contributed by atoms with Gasteiger partial charge in [0.1, 0.15) is 25.4 Å². The highest BCUT2D eigenvalue weighted by Gasteiger charge is 2.69. The Bertz CT molecular complexity index is 803. The molecular weight excluding hydrogens is 360 g/mol. The molecule has 2 aliphatic heterocycles. The minimum absolute atomic E-state index is 0.00699. The van der Waals surface area contributed by atoms with Gasteiger partial charge in [-0.05, 0) is 17.5 Å². The number of nitrogens with zero attached hydrogens (tertiary/aromatic N) is 2. The zero-order valence-corrected chi connectivity index (χ0v) is 15.1. The minimum Gasteiger partial charge on any atom is -0.443 e. The SMILES string of the molecule is O=C(OCc1ccccc1)N1[C@@H]2C[C@@H]([C@H]3O[C@H]32)N1C(=O)OCc1ccccc1. The summed E-state index contributed by atoms with van der Waals surface area (Å²) in [6.45, 7) is 0.296. The van der Waals surface area contributed by atoms with E-state index in [4.69, 9.17) is 14.2 Å². The molecule has 3 fully saturated rings. The summed E-state index contributed by atoms with van der Waals surface area (Å²) in [6.07, 6.45) is -0.431. The normalized spacial score (nSPS) is 26.7. The van der Waals surface area contributed by atoms with E-state index in [1.54, 1.807) is 0 Å². The summed E-state index contributed by atoms with van der Waals surface area (Å²) in [5.41, 5.74) is 1.78. The average molecular weight is 380 g/mol. The van der Waals surface area contributed by atoms with Gasteiger partial charge in [0, 0.05) is 0 Å². The fourth-order valence-corrected chi connectivity index (χ4v) is 4.09. The Kier molecular flexibility index (Phi) is 4.16. The number of benzene rings is 2. The third kappa shape index (κ3) is 2.97. The predicted molar refractivity (Wildman–Crippen MR) is 97.8 cm³/mol. The highest BCUT2D eigenvalue weighted by atomic mass is 16.6. The third-order valence-electron chi connectivity index (χ3n) is 5.45. The number of rotatable bonds is 4. The number of carbonyl (C=O) groups excluding carboxylic acids is 2. The molecule has 2 bridgehead atoms. The van der Waals surface area contributed by atoms with E-state index in [0.29, 0.717) is 6.42 Å². The van der Waals surface area contributed by atoms with Gasteiger partial charge in [-0.2, -0.15) is 0 Å². The summed E-state index contributed by atoms with van der Waals surface area (Å²) >= 11 is 0. The molecule has 0 N–H and O–H groups in total. The van der Waals surface area contributed by atoms with Crippen molar-refractivity contribution in [3.8, 4) is 0 Å². The van der Waals surface area contributed by atoms with Crippen molar-refractivity contribution < 1.29 is 23.8 Å². The smallest absolute Gasteiger partial charge is 0.429 e. The summed E-state index contributed by atoms with van der Waals surface area (Å²) in [6, 6.07) is 18.5. The van der Waals surface area contributed by atoms with Crippen LogP contribution in [0.15, 0.2) is 60.7 Å². The van der Waals surface area contributed by atoms with Crippen molar-refractivity contribution in [3.05, 3.63) is 71.8 Å². The van der Waals surface area contributed by atoms with Gasteiger partial charge in [-0.15, -0.1) is 0 Å². The summed E-state index contributed by atoms with van der Waals surface area (Å²) in [5, 5.41) is 2.77. The van der Waals surface area contributed by atoms with Crippen LogP contribution in [0.1, 0.15) is 17.5 Å². The Hall–Kier alpha value is -3.06. The van der Waals surface area contributed by atoms with Crippen molar-refractivity contribution in [2.24, 2.45) is 0 Å². The van der Waals surface area contributed by atoms with Crippen LogP contribution in [0.4, 0.5) is 9.59 Å². The van der Waals surface area contributed by atoms with Crippen LogP contribution in [0.5, 0.6) is 0 Å². The maximum atomic E-state index is 12.8. The lowest BCUT2D eigenvalue weighted by Crippen LogP contribution is -2.56. The van der Waals surface area contributed by atoms with Crippen LogP contribution in [0, 0.1) is 0 Å². The Morgan fingerprint density at radius 3 is 1.64 bits per heavy atom. The molecule has 7 heteroatoms. The molecular formula is C21H20N2O5. The first-order valence-electron chi connectivity index (χ1n) is 9.37. The van der Waals surface area contributed by atoms with Crippen LogP contribution < -0.4 is 0 Å². The fraction of sp³-hybridized carbons (Fsp3) is 0.333. The van der Waals surface area contributed by atoms with Gasteiger partial charge in [-0.25, -0.2) is 19.6 Å². The van der Waals surface area contributed by atoms with Crippen molar-refractivity contribution >= 4 is 12.2 Å². The maximum Gasteiger partial charge on any atom is 0.429 e. The number of amides is 2. The average Bonchev–Trinajstić information content (AvgIpc) is 3.36. The summed E-state index contributed by atoms with van der Waals surface area (Å²) in [4.78, 5) is 25.5. The topological polar surface area (TPSA) is 71.6 Å². The molecule has 144 valence electrons. The molecule has 2 aromatic rings. The molecule has 2 saturated heterocycles. The number of epoxide rings is 1. The Labute approximate surface area is 162 Å². The zero-order valence-electron chi connectivity index (χ0n) is 15.1. The zero-order chi connectivity index (χ0) is 19.1. The van der Waals surface area contributed by atoms with Gasteiger partial charge in [-0.3, -0.25) is 0 Å². The Morgan fingerprint density at radius 2 is 1.21 bits per heavy atom. The van der Waals surface area contributed by atoms with Crippen LogP contribution in [-0.2, 0) is 27.4 Å². The maximum absolute atomic E-state index is 12.8. The summed E-state index contributed by atoms with van der Waals surface area (Å²) < 4.78 is 16.5. The van der Waals surface area contributed by atoms with Crippen molar-refractivity contribution in [2.45, 2.75) is 43.9 Å². The number of fused-ring (bicyclic) bond motifs is 5. The molecule has 1 saturated carbocycles. The van der Waals surface area contributed by atoms with Crippen LogP contribution >= 0.6 is 0 Å². The standard InChI is InChI=1S/C21H20N2O5/c24-20(26-12-14-7-3-1-4-8-14)22-16-11-17(19-18(16)28-19)23(22)21(25)27-13-15-9-5-2-6-10-15/h1-10,16-19H,11-13H2/t16-,17+,18+,19-. The molecule has 2 aromatic carbocycles. The molecule has 2 amide bonds. The van der Waals surface area contributed by atoms with Gasteiger partial charge in [0.25, 0.3) is 0 Å². The highest BCUT2D eigenvalue weighted by molar-refractivity contribution is 5.76. The van der Waals surface area contributed by atoms with E-state index in [9.17, 15) is 9.59 Å². The fourth-order valence-electron chi connectivity index (χ4n) is 4.09. The Balaban J connectivity index is 1.27. The van der Waals surface area contributed by atoms with Gasteiger partial charge in [-0.1, -0.05) is 60.7 Å². The lowest BCUT2D eigenvalue weighted by molar-refractivity contribution is -0.0358. The van der Waals surface area contributed by atoms with E-state index in [1.807, 2.05) is 60.7 Å². The second-order valence-electron chi connectivity index (χ2n) is 7.21. The van der Waals surface area contributed by atoms with Crippen molar-refractivity contribution in [3.63, 3.8) is 0 Å². The molecule has 0 unspecified atom stereocenters. The highest BCUT2D eigenvalue weighted by Crippen LogP contribution is 2.50. The van der Waals surface area contributed by atoms with Gasteiger partial charge < -0.3 is 14.2 Å². The largest absolute Gasteiger partial charge is 0.443 e. The second-order valence-corrected chi connectivity index (χ2v) is 7.21. The van der Waals surface area contributed by atoms with Crippen LogP contribution in [0.25, 0.3) is 0 Å². The monoisotopic (exact) mass is 380 g/mol. The molecule has 0 spiro atoms. The van der Waals surface area contributed by atoms with Crippen molar-refractivity contribution in [2.75, 3.05) is 0 Å². The summed E-state index contributed by atoms with van der Waals surface area (Å²) in [7, 11) is 0. The molecule has 0 aromatic heterocycles. The first kappa shape index (κ1) is 17.1. The molecule has 2 heterocycles. The van der Waals surface area contributed by atoms with E-state index in [2.05, 4.69) is 0 Å². The van der Waals surface area contributed by atoms with E-state index < -0.39 is 12.2 Å². The van der Waals surface area contributed by atoms with Gasteiger partial charge >= 0.3 is 12.2 Å². The van der Waals surface area contributed by atoms with Crippen molar-refractivity contribution in [1.82, 2.24) is 10.0 Å². The lowest BCUT2D eigenvalue weighted by Gasteiger charge is -2.34. The van der Waals surface area contributed by atoms with Crippen LogP contribution in [0.2, 0.25) is 0 Å². The lowest BCUT2D eigenvalue weighted by atomic mass is 10.2. The first-order valence-corrected chi connectivity index (χ1v) is 9.37.